The van der Waals surface area contributed by atoms with Crippen LogP contribution >= 0.6 is 0 Å². The average Bonchev–Trinajstić information content (AvgIpc) is 2.74. The molecular weight excluding hydrogens is 264 g/mol. The third-order valence-corrected chi connectivity index (χ3v) is 4.35. The molecule has 1 fully saturated rings. The number of hydrogen-bond donors (Lipinski definition) is 0. The van der Waals surface area contributed by atoms with E-state index in [-0.39, 0.29) is 5.78 Å². The topological polar surface area (TPSA) is 44.1 Å². The van der Waals surface area contributed by atoms with E-state index in [0.717, 1.165) is 36.3 Å². The lowest BCUT2D eigenvalue weighted by Gasteiger charge is -2.34. The lowest BCUT2D eigenvalue weighted by atomic mass is 9.78. The Hall–Kier alpha value is -1.68. The summed E-state index contributed by atoms with van der Waals surface area (Å²) in [7, 11) is 1.98. The number of ketones is 1. The lowest BCUT2D eigenvalue weighted by Crippen LogP contribution is -2.33. The number of benzene rings is 1. The molecule has 112 valence electrons. The van der Waals surface area contributed by atoms with Crippen LogP contribution in [-0.4, -0.2) is 28.0 Å². The molecule has 3 rings (SSSR count). The molecule has 0 amide bonds. The number of para-hydroxylation sites is 2. The van der Waals surface area contributed by atoms with E-state index in [2.05, 4.69) is 4.98 Å². The smallest absolute Gasteiger partial charge is 0.140 e. The highest BCUT2D eigenvalue weighted by Crippen LogP contribution is 2.33. The fourth-order valence-corrected chi connectivity index (χ4v) is 3.14. The van der Waals surface area contributed by atoms with E-state index in [4.69, 9.17) is 4.74 Å². The fourth-order valence-electron chi connectivity index (χ4n) is 3.14. The number of nitrogens with zero attached hydrogens (tertiary/aromatic N) is 2. The number of ether oxygens (including phenoxy) is 1. The van der Waals surface area contributed by atoms with Gasteiger partial charge in [0.2, 0.25) is 0 Å². The average molecular weight is 286 g/mol. The standard InChI is InChI=1S/C17H22N2O2/c1-3-21-14-9-12(10-14)8-13(20)11-17-18-15-6-4-5-7-16(15)19(17)2/h4-7,12,14H,3,8-11H2,1-2H3. The summed E-state index contributed by atoms with van der Waals surface area (Å²) in [5.41, 5.74) is 2.04. The molecule has 21 heavy (non-hydrogen) atoms. The highest BCUT2D eigenvalue weighted by molar-refractivity contribution is 5.82. The van der Waals surface area contributed by atoms with E-state index in [1.807, 2.05) is 42.8 Å². The van der Waals surface area contributed by atoms with Crippen LogP contribution in [0.25, 0.3) is 11.0 Å². The van der Waals surface area contributed by atoms with Crippen LogP contribution in [0, 0.1) is 5.92 Å². The molecule has 1 aliphatic carbocycles. The van der Waals surface area contributed by atoms with Crippen LogP contribution in [0.5, 0.6) is 0 Å². The first-order chi connectivity index (χ1) is 10.2. The van der Waals surface area contributed by atoms with E-state index in [9.17, 15) is 4.79 Å². The Balaban J connectivity index is 1.58. The lowest BCUT2D eigenvalue weighted by molar-refractivity contribution is -0.121. The first-order valence-electron chi connectivity index (χ1n) is 7.71. The Morgan fingerprint density at radius 1 is 1.38 bits per heavy atom. The van der Waals surface area contributed by atoms with Gasteiger partial charge in [-0.15, -0.1) is 0 Å². The van der Waals surface area contributed by atoms with Crippen molar-refractivity contribution >= 4 is 16.8 Å². The molecule has 1 saturated carbocycles. The first-order valence-corrected chi connectivity index (χ1v) is 7.71. The largest absolute Gasteiger partial charge is 0.378 e. The predicted octanol–water partition coefficient (Wildman–Crippen LogP) is 2.89. The minimum Gasteiger partial charge on any atom is -0.378 e. The minimum atomic E-state index is 0.286. The third kappa shape index (κ3) is 3.00. The van der Waals surface area contributed by atoms with Crippen LogP contribution in [-0.2, 0) is 23.0 Å². The fraction of sp³-hybridized carbons (Fsp3) is 0.529. The van der Waals surface area contributed by atoms with Crippen LogP contribution in [0.4, 0.5) is 0 Å². The molecule has 2 aromatic rings. The SMILES string of the molecule is CCOC1CC(CC(=O)Cc2nc3ccccc3n2C)C1. The van der Waals surface area contributed by atoms with Gasteiger partial charge in [-0.3, -0.25) is 4.79 Å². The van der Waals surface area contributed by atoms with Crippen LogP contribution in [0.1, 0.15) is 32.0 Å². The van der Waals surface area contributed by atoms with Crippen molar-refractivity contribution in [1.29, 1.82) is 0 Å². The summed E-state index contributed by atoms with van der Waals surface area (Å²) in [4.78, 5) is 16.8. The maximum Gasteiger partial charge on any atom is 0.140 e. The van der Waals surface area contributed by atoms with Crippen LogP contribution < -0.4 is 0 Å². The molecule has 0 aliphatic heterocycles. The Morgan fingerprint density at radius 2 is 2.14 bits per heavy atom. The zero-order valence-corrected chi connectivity index (χ0v) is 12.7. The number of Topliss-reactive ketones (excluding diaryl/α,β-unsaturated/α-hetero) is 1. The van der Waals surface area contributed by atoms with Crippen molar-refractivity contribution < 1.29 is 9.53 Å². The van der Waals surface area contributed by atoms with Crippen molar-refractivity contribution in [2.45, 2.75) is 38.7 Å². The summed E-state index contributed by atoms with van der Waals surface area (Å²) in [5, 5.41) is 0. The summed E-state index contributed by atoms with van der Waals surface area (Å²) in [6, 6.07) is 8.00. The zero-order chi connectivity index (χ0) is 14.8. The van der Waals surface area contributed by atoms with Crippen LogP contribution in [0.15, 0.2) is 24.3 Å². The molecule has 0 radical (unpaired) electrons. The Labute approximate surface area is 125 Å². The molecule has 0 spiro atoms. The van der Waals surface area contributed by atoms with Crippen molar-refractivity contribution in [3.05, 3.63) is 30.1 Å². The van der Waals surface area contributed by atoms with E-state index in [1.165, 1.54) is 0 Å². The molecule has 1 aromatic heterocycles. The molecular formula is C17H22N2O2. The highest BCUT2D eigenvalue weighted by atomic mass is 16.5. The van der Waals surface area contributed by atoms with Crippen molar-refractivity contribution in [1.82, 2.24) is 9.55 Å². The minimum absolute atomic E-state index is 0.286. The molecule has 0 N–H and O–H groups in total. The van der Waals surface area contributed by atoms with Gasteiger partial charge in [-0.25, -0.2) is 4.98 Å². The van der Waals surface area contributed by atoms with Crippen LogP contribution in [0.2, 0.25) is 0 Å². The van der Waals surface area contributed by atoms with Crippen molar-refractivity contribution in [3.8, 4) is 0 Å². The van der Waals surface area contributed by atoms with Gasteiger partial charge in [0.25, 0.3) is 0 Å². The summed E-state index contributed by atoms with van der Waals surface area (Å²) >= 11 is 0. The van der Waals surface area contributed by atoms with Gasteiger partial charge < -0.3 is 9.30 Å². The van der Waals surface area contributed by atoms with Gasteiger partial charge in [0.15, 0.2) is 0 Å². The maximum atomic E-state index is 12.2. The van der Waals surface area contributed by atoms with Gasteiger partial charge >= 0.3 is 0 Å². The summed E-state index contributed by atoms with van der Waals surface area (Å²) in [6.07, 6.45) is 3.53. The summed E-state index contributed by atoms with van der Waals surface area (Å²) in [5.74, 6) is 1.65. The van der Waals surface area contributed by atoms with E-state index < -0.39 is 0 Å². The van der Waals surface area contributed by atoms with Gasteiger partial charge in [0.05, 0.1) is 23.6 Å². The summed E-state index contributed by atoms with van der Waals surface area (Å²) < 4.78 is 7.56. The van der Waals surface area contributed by atoms with Crippen molar-refractivity contribution in [2.75, 3.05) is 6.61 Å². The van der Waals surface area contributed by atoms with Gasteiger partial charge in [0, 0.05) is 20.1 Å². The number of aryl methyl sites for hydroxylation is 1. The number of carbonyl (C=O) groups is 1. The second-order valence-corrected chi connectivity index (χ2v) is 5.91. The Kier molecular flexibility index (Phi) is 4.06. The molecule has 0 bridgehead atoms. The van der Waals surface area contributed by atoms with E-state index in [0.29, 0.717) is 24.9 Å². The zero-order valence-electron chi connectivity index (χ0n) is 12.7. The molecule has 4 nitrogen and oxygen atoms in total. The number of fused-ring (bicyclic) bond motifs is 1. The predicted molar refractivity (Wildman–Crippen MR) is 82.2 cm³/mol. The molecule has 0 atom stereocenters. The van der Waals surface area contributed by atoms with Crippen molar-refractivity contribution in [2.24, 2.45) is 13.0 Å². The summed E-state index contributed by atoms with van der Waals surface area (Å²) in [6.45, 7) is 2.79. The number of hydrogen-bond acceptors (Lipinski definition) is 3. The normalized spacial score (nSPS) is 21.4. The maximum absolute atomic E-state index is 12.2. The Morgan fingerprint density at radius 3 is 2.86 bits per heavy atom. The second kappa shape index (κ2) is 5.98. The number of carbonyl (C=O) groups excluding carboxylic acids is 1. The van der Waals surface area contributed by atoms with Crippen LogP contribution in [0.3, 0.4) is 0 Å². The van der Waals surface area contributed by atoms with Gasteiger partial charge in [-0.1, -0.05) is 12.1 Å². The van der Waals surface area contributed by atoms with Gasteiger partial charge in [-0.2, -0.15) is 0 Å². The highest BCUT2D eigenvalue weighted by Gasteiger charge is 2.31. The number of imidazole rings is 1. The van der Waals surface area contributed by atoms with E-state index in [1.54, 1.807) is 0 Å². The van der Waals surface area contributed by atoms with Crippen molar-refractivity contribution in [3.63, 3.8) is 0 Å². The van der Waals surface area contributed by atoms with E-state index >= 15 is 0 Å². The molecule has 4 heteroatoms. The molecule has 0 unspecified atom stereocenters. The second-order valence-electron chi connectivity index (χ2n) is 5.91. The van der Waals surface area contributed by atoms with Gasteiger partial charge in [-0.05, 0) is 37.8 Å². The quantitative estimate of drug-likeness (QED) is 0.820. The number of rotatable bonds is 6. The van der Waals surface area contributed by atoms with Gasteiger partial charge in [0.1, 0.15) is 11.6 Å². The third-order valence-electron chi connectivity index (χ3n) is 4.35. The Bertz CT molecular complexity index is 641. The molecule has 1 aromatic carbocycles. The first kappa shape index (κ1) is 14.3. The monoisotopic (exact) mass is 286 g/mol. The molecule has 1 aliphatic rings. The molecule has 0 saturated heterocycles. The number of aromatic nitrogens is 2. The molecule has 1 heterocycles.